The molecule has 4 rings (SSSR count). The third kappa shape index (κ3) is 2.84. The Morgan fingerprint density at radius 3 is 2.64 bits per heavy atom. The van der Waals surface area contributed by atoms with Gasteiger partial charge in [-0.1, -0.05) is 12.1 Å². The molecule has 1 atom stereocenters. The van der Waals surface area contributed by atoms with Crippen molar-refractivity contribution in [2.75, 3.05) is 20.2 Å². The van der Waals surface area contributed by atoms with E-state index in [4.69, 9.17) is 4.74 Å². The number of aliphatic imine (C=N–C) groups is 1. The number of amides is 4. The maximum Gasteiger partial charge on any atom is 0.322 e. The summed E-state index contributed by atoms with van der Waals surface area (Å²) in [5.74, 6) is -0.870. The average Bonchev–Trinajstić information content (AvgIpc) is 3.02. The zero-order chi connectivity index (χ0) is 19.9. The first kappa shape index (κ1) is 17.9. The van der Waals surface area contributed by atoms with Gasteiger partial charge in [-0.25, -0.2) is 14.2 Å². The summed E-state index contributed by atoms with van der Waals surface area (Å²) < 4.78 is 18.4. The summed E-state index contributed by atoms with van der Waals surface area (Å²) in [7, 11) is 1.50. The lowest BCUT2D eigenvalue weighted by molar-refractivity contribution is -0.129. The molecular formula is C19H17FN4O4. The molecule has 3 aliphatic rings. The van der Waals surface area contributed by atoms with Crippen LogP contribution in [-0.2, 0) is 19.9 Å². The van der Waals surface area contributed by atoms with Gasteiger partial charge in [0.2, 0.25) is 5.88 Å². The SMILES string of the molecule is COC1=CCC2=C(C=N1)CN(CC1(c3ccc(F)cc3)NC(=O)NC1=O)C2=O. The highest BCUT2D eigenvalue weighted by Gasteiger charge is 2.50. The molecule has 0 bridgehead atoms. The molecule has 0 radical (unpaired) electrons. The molecular weight excluding hydrogens is 367 g/mol. The minimum atomic E-state index is -1.49. The van der Waals surface area contributed by atoms with Crippen LogP contribution in [0.5, 0.6) is 0 Å². The highest BCUT2D eigenvalue weighted by molar-refractivity contribution is 6.09. The van der Waals surface area contributed by atoms with Gasteiger partial charge in [-0.15, -0.1) is 0 Å². The van der Waals surface area contributed by atoms with Gasteiger partial charge in [0.25, 0.3) is 11.8 Å². The van der Waals surface area contributed by atoms with Crippen LogP contribution in [-0.4, -0.2) is 49.2 Å². The van der Waals surface area contributed by atoms with Crippen LogP contribution in [0.1, 0.15) is 12.0 Å². The number of nitrogens with one attached hydrogen (secondary N) is 2. The van der Waals surface area contributed by atoms with E-state index >= 15 is 0 Å². The topological polar surface area (TPSA) is 100 Å². The van der Waals surface area contributed by atoms with Crippen LogP contribution in [0.25, 0.3) is 0 Å². The minimum absolute atomic E-state index is 0.0866. The van der Waals surface area contributed by atoms with Crippen LogP contribution in [0, 0.1) is 5.82 Å². The van der Waals surface area contributed by atoms with Crippen molar-refractivity contribution in [3.8, 4) is 0 Å². The van der Waals surface area contributed by atoms with Crippen molar-refractivity contribution in [2.24, 2.45) is 4.99 Å². The number of nitrogens with zero attached hydrogens (tertiary/aromatic N) is 2. The monoisotopic (exact) mass is 384 g/mol. The van der Waals surface area contributed by atoms with Crippen LogP contribution in [0.2, 0.25) is 0 Å². The second-order valence-corrected chi connectivity index (χ2v) is 6.69. The lowest BCUT2D eigenvalue weighted by atomic mass is 9.89. The van der Waals surface area contributed by atoms with Gasteiger partial charge in [0.1, 0.15) is 5.82 Å². The average molecular weight is 384 g/mol. The molecule has 1 aromatic rings. The Hall–Kier alpha value is -3.49. The van der Waals surface area contributed by atoms with Gasteiger partial charge in [0.15, 0.2) is 5.54 Å². The second-order valence-electron chi connectivity index (χ2n) is 6.69. The quantitative estimate of drug-likeness (QED) is 0.756. The molecule has 0 aliphatic carbocycles. The molecule has 1 unspecified atom stereocenters. The standard InChI is InChI=1S/C19H17FN4O4/c1-28-15-7-6-14-11(8-21-15)9-24(16(14)25)10-19(17(26)22-18(27)23-19)12-2-4-13(20)5-3-12/h2-5,7-8H,6,9-10H2,1H3,(H2,22,23,26,27). The number of imide groups is 1. The number of methoxy groups -OCH3 is 1. The molecule has 28 heavy (non-hydrogen) atoms. The van der Waals surface area contributed by atoms with Crippen molar-refractivity contribution in [1.29, 1.82) is 0 Å². The number of urea groups is 1. The Bertz CT molecular complexity index is 967. The number of hydrogen-bond acceptors (Lipinski definition) is 5. The molecule has 3 heterocycles. The lowest BCUT2D eigenvalue weighted by Gasteiger charge is -2.31. The van der Waals surface area contributed by atoms with Gasteiger partial charge in [-0.05, 0) is 29.3 Å². The van der Waals surface area contributed by atoms with Gasteiger partial charge in [-0.2, -0.15) is 0 Å². The van der Waals surface area contributed by atoms with E-state index in [9.17, 15) is 18.8 Å². The fourth-order valence-electron chi connectivity index (χ4n) is 3.60. The molecule has 8 nitrogen and oxygen atoms in total. The zero-order valence-corrected chi connectivity index (χ0v) is 15.0. The van der Waals surface area contributed by atoms with E-state index in [0.29, 0.717) is 23.4 Å². The van der Waals surface area contributed by atoms with Gasteiger partial charge in [-0.3, -0.25) is 14.9 Å². The number of halogens is 1. The van der Waals surface area contributed by atoms with Crippen LogP contribution in [0.15, 0.2) is 52.4 Å². The Kier molecular flexibility index (Phi) is 4.21. The molecule has 3 aliphatic heterocycles. The van der Waals surface area contributed by atoms with Crippen molar-refractivity contribution in [1.82, 2.24) is 15.5 Å². The molecule has 1 aromatic carbocycles. The van der Waals surface area contributed by atoms with Crippen LogP contribution in [0.3, 0.4) is 0 Å². The summed E-state index contributed by atoms with van der Waals surface area (Å²) in [5, 5.41) is 4.82. The number of ether oxygens (including phenoxy) is 1. The van der Waals surface area contributed by atoms with Crippen molar-refractivity contribution in [3.05, 3.63) is 58.8 Å². The predicted octanol–water partition coefficient (Wildman–Crippen LogP) is 0.961. The largest absolute Gasteiger partial charge is 0.481 e. The van der Waals surface area contributed by atoms with Crippen molar-refractivity contribution in [2.45, 2.75) is 12.0 Å². The van der Waals surface area contributed by atoms with Gasteiger partial charge in [0.05, 0.1) is 13.7 Å². The summed E-state index contributed by atoms with van der Waals surface area (Å²) in [4.78, 5) is 43.1. The van der Waals surface area contributed by atoms with E-state index in [1.54, 1.807) is 12.3 Å². The Morgan fingerprint density at radius 2 is 2.00 bits per heavy atom. The number of rotatable bonds is 4. The molecule has 9 heteroatoms. The number of carbonyl (C=O) groups excluding carboxylic acids is 3. The Balaban J connectivity index is 1.63. The molecule has 1 fully saturated rings. The van der Waals surface area contributed by atoms with Crippen LogP contribution < -0.4 is 10.6 Å². The third-order valence-corrected chi connectivity index (χ3v) is 5.04. The summed E-state index contributed by atoms with van der Waals surface area (Å²) in [5.41, 5.74) is 0.194. The highest BCUT2D eigenvalue weighted by atomic mass is 19.1. The molecule has 1 saturated heterocycles. The van der Waals surface area contributed by atoms with Crippen LogP contribution in [0.4, 0.5) is 9.18 Å². The Morgan fingerprint density at radius 1 is 1.25 bits per heavy atom. The summed E-state index contributed by atoms with van der Waals surface area (Å²) in [6, 6.07) is 4.60. The van der Waals surface area contributed by atoms with Gasteiger partial charge >= 0.3 is 6.03 Å². The van der Waals surface area contributed by atoms with Crippen molar-refractivity contribution < 1.29 is 23.5 Å². The molecule has 2 N–H and O–H groups in total. The van der Waals surface area contributed by atoms with E-state index in [1.807, 2.05) is 0 Å². The number of hydrogen-bond donors (Lipinski definition) is 2. The minimum Gasteiger partial charge on any atom is -0.481 e. The maximum absolute atomic E-state index is 13.4. The third-order valence-electron chi connectivity index (χ3n) is 5.04. The summed E-state index contributed by atoms with van der Waals surface area (Å²) in [6.45, 7) is 0.158. The van der Waals surface area contributed by atoms with E-state index in [1.165, 1.54) is 36.3 Å². The van der Waals surface area contributed by atoms with E-state index in [2.05, 4.69) is 15.6 Å². The molecule has 0 spiro atoms. The van der Waals surface area contributed by atoms with Crippen molar-refractivity contribution in [3.63, 3.8) is 0 Å². The van der Waals surface area contributed by atoms with E-state index in [-0.39, 0.29) is 19.0 Å². The number of allylic oxidation sites excluding steroid dienone is 1. The first-order valence-corrected chi connectivity index (χ1v) is 8.62. The fourth-order valence-corrected chi connectivity index (χ4v) is 3.60. The van der Waals surface area contributed by atoms with E-state index in [0.717, 1.165) is 5.57 Å². The molecule has 144 valence electrons. The van der Waals surface area contributed by atoms with Crippen LogP contribution >= 0.6 is 0 Å². The highest BCUT2D eigenvalue weighted by Crippen LogP contribution is 2.31. The molecule has 0 aromatic heterocycles. The maximum atomic E-state index is 13.4. The predicted molar refractivity (Wildman–Crippen MR) is 96.6 cm³/mol. The van der Waals surface area contributed by atoms with Gasteiger partial charge in [0, 0.05) is 24.8 Å². The fraction of sp³-hybridized carbons (Fsp3) is 0.263. The van der Waals surface area contributed by atoms with E-state index < -0.39 is 23.3 Å². The number of benzene rings is 1. The molecule has 4 amide bonds. The first-order valence-electron chi connectivity index (χ1n) is 8.62. The summed E-state index contributed by atoms with van der Waals surface area (Å²) in [6.07, 6.45) is 3.64. The zero-order valence-electron chi connectivity index (χ0n) is 15.0. The first-order chi connectivity index (χ1) is 13.4. The lowest BCUT2D eigenvalue weighted by Crippen LogP contribution is -2.53. The van der Waals surface area contributed by atoms with Gasteiger partial charge < -0.3 is 15.0 Å². The smallest absolute Gasteiger partial charge is 0.322 e. The van der Waals surface area contributed by atoms with Crippen molar-refractivity contribution >= 4 is 24.1 Å². The number of carbonyl (C=O) groups is 3. The second kappa shape index (κ2) is 6.59. The Labute approximate surface area is 159 Å². The summed E-state index contributed by atoms with van der Waals surface area (Å²) >= 11 is 0. The molecule has 0 saturated carbocycles. The normalized spacial score (nSPS) is 24.0.